The Bertz CT molecular complexity index is 74.8. The molecule has 0 rings (SSSR count). The van der Waals surface area contributed by atoms with Gasteiger partial charge in [0.15, 0.2) is 0 Å². The molecule has 0 aliphatic carbocycles. The van der Waals surface area contributed by atoms with Crippen LogP contribution in [0.25, 0.3) is 0 Å². The van der Waals surface area contributed by atoms with Crippen LogP contribution >= 0.6 is 0 Å². The van der Waals surface area contributed by atoms with Gasteiger partial charge in [0.05, 0.1) is 0 Å². The molecule has 0 bridgehead atoms. The first kappa shape index (κ1) is 8.75. The van der Waals surface area contributed by atoms with Crippen LogP contribution in [-0.2, 0) is 0 Å². The van der Waals surface area contributed by atoms with Gasteiger partial charge in [-0.15, -0.1) is 0 Å². The van der Waals surface area contributed by atoms with Gasteiger partial charge in [-0.3, -0.25) is 0 Å². The minimum absolute atomic E-state index is 0.0278. The Morgan fingerprint density at radius 2 is 1.44 bits per heavy atom. The number of hydrogen-bond acceptors (Lipinski definition) is 1. The molecular formula is C5H10F3N. The van der Waals surface area contributed by atoms with Crippen molar-refractivity contribution in [3.8, 4) is 0 Å². The first-order valence-corrected chi connectivity index (χ1v) is 2.84. The fourth-order valence-electron chi connectivity index (χ4n) is 0.582. The van der Waals surface area contributed by atoms with E-state index in [-0.39, 0.29) is 13.1 Å². The molecule has 0 saturated heterocycles. The first-order valence-electron chi connectivity index (χ1n) is 2.84. The van der Waals surface area contributed by atoms with Crippen molar-refractivity contribution in [2.24, 2.45) is 0 Å². The van der Waals surface area contributed by atoms with Gasteiger partial charge in [-0.2, -0.15) is 13.2 Å². The number of alkyl halides is 3. The van der Waals surface area contributed by atoms with Crippen molar-refractivity contribution in [3.05, 3.63) is 0 Å². The molecule has 9 heavy (non-hydrogen) atoms. The lowest BCUT2D eigenvalue weighted by atomic mass is 10.5. The Kier molecular flexibility index (Phi) is 2.97. The zero-order chi connectivity index (χ0) is 7.49. The van der Waals surface area contributed by atoms with E-state index in [2.05, 4.69) is 0 Å². The molecule has 0 spiro atoms. The molecule has 0 aromatic rings. The van der Waals surface area contributed by atoms with Crippen LogP contribution in [0.1, 0.15) is 13.8 Å². The molecule has 0 atom stereocenters. The molecule has 4 heteroatoms. The maximum absolute atomic E-state index is 11.6. The monoisotopic (exact) mass is 141 g/mol. The molecule has 0 aromatic heterocycles. The first-order chi connectivity index (χ1) is 4.02. The number of hydrogen-bond donors (Lipinski definition) is 0. The summed E-state index contributed by atoms with van der Waals surface area (Å²) in [5.41, 5.74) is 0. The van der Waals surface area contributed by atoms with E-state index < -0.39 is 6.30 Å². The van der Waals surface area contributed by atoms with Crippen molar-refractivity contribution < 1.29 is 13.2 Å². The van der Waals surface area contributed by atoms with Crippen molar-refractivity contribution in [3.63, 3.8) is 0 Å². The molecule has 0 N–H and O–H groups in total. The molecule has 0 unspecified atom stereocenters. The molecule has 0 aromatic carbocycles. The van der Waals surface area contributed by atoms with Crippen molar-refractivity contribution in [2.75, 3.05) is 13.1 Å². The van der Waals surface area contributed by atoms with Crippen LogP contribution in [0.3, 0.4) is 0 Å². The Hall–Kier alpha value is -0.250. The third-order valence-electron chi connectivity index (χ3n) is 1.12. The SMILES string of the molecule is CCN(CC)C(F)(F)F. The number of nitrogens with zero attached hydrogens (tertiary/aromatic N) is 1. The average Bonchev–Trinajstić information content (AvgIpc) is 1.65. The summed E-state index contributed by atoms with van der Waals surface area (Å²) in [5, 5.41) is 0. The Balaban J connectivity index is 3.79. The quantitative estimate of drug-likeness (QED) is 0.530. The summed E-state index contributed by atoms with van der Waals surface area (Å²) in [6.07, 6.45) is -4.15. The van der Waals surface area contributed by atoms with Crippen molar-refractivity contribution in [2.45, 2.75) is 20.1 Å². The van der Waals surface area contributed by atoms with Crippen molar-refractivity contribution in [1.29, 1.82) is 0 Å². The van der Waals surface area contributed by atoms with E-state index in [0.29, 0.717) is 4.90 Å². The summed E-state index contributed by atoms with van der Waals surface area (Å²) in [5.74, 6) is 0. The molecular weight excluding hydrogens is 131 g/mol. The predicted octanol–water partition coefficient (Wildman–Crippen LogP) is 1.85. The Labute approximate surface area is 52.5 Å². The fourth-order valence-corrected chi connectivity index (χ4v) is 0.582. The molecule has 56 valence electrons. The molecule has 0 heterocycles. The lowest BCUT2D eigenvalue weighted by molar-refractivity contribution is -0.242. The van der Waals surface area contributed by atoms with Gasteiger partial charge in [0.25, 0.3) is 0 Å². The second kappa shape index (κ2) is 3.06. The van der Waals surface area contributed by atoms with E-state index in [9.17, 15) is 13.2 Å². The molecule has 0 saturated carbocycles. The lowest BCUT2D eigenvalue weighted by Gasteiger charge is -2.20. The smallest absolute Gasteiger partial charge is 0.215 e. The lowest BCUT2D eigenvalue weighted by Crippen LogP contribution is -2.37. The van der Waals surface area contributed by atoms with Gasteiger partial charge in [-0.1, -0.05) is 13.8 Å². The van der Waals surface area contributed by atoms with Gasteiger partial charge in [0.2, 0.25) is 0 Å². The number of rotatable bonds is 2. The van der Waals surface area contributed by atoms with E-state index in [1.54, 1.807) is 0 Å². The molecule has 0 aliphatic rings. The molecule has 0 fully saturated rings. The highest BCUT2D eigenvalue weighted by atomic mass is 19.4. The largest absolute Gasteiger partial charge is 0.459 e. The predicted molar refractivity (Wildman–Crippen MR) is 29.0 cm³/mol. The van der Waals surface area contributed by atoms with E-state index >= 15 is 0 Å². The minimum atomic E-state index is -4.15. The average molecular weight is 141 g/mol. The van der Waals surface area contributed by atoms with Crippen LogP contribution in [0.2, 0.25) is 0 Å². The maximum Gasteiger partial charge on any atom is 0.459 e. The highest BCUT2D eigenvalue weighted by Crippen LogP contribution is 2.19. The number of halogens is 3. The van der Waals surface area contributed by atoms with Gasteiger partial charge in [-0.05, 0) is 0 Å². The summed E-state index contributed by atoms with van der Waals surface area (Å²) in [7, 11) is 0. The van der Waals surface area contributed by atoms with Crippen LogP contribution in [0, 0.1) is 0 Å². The highest BCUT2D eigenvalue weighted by molar-refractivity contribution is 4.52. The van der Waals surface area contributed by atoms with Crippen LogP contribution in [0.5, 0.6) is 0 Å². The maximum atomic E-state index is 11.6. The van der Waals surface area contributed by atoms with Crippen LogP contribution in [-0.4, -0.2) is 24.3 Å². The zero-order valence-electron chi connectivity index (χ0n) is 5.50. The van der Waals surface area contributed by atoms with Gasteiger partial charge in [0, 0.05) is 13.1 Å². The molecule has 1 nitrogen and oxygen atoms in total. The molecule has 0 amide bonds. The molecule has 0 radical (unpaired) electrons. The fraction of sp³-hybridized carbons (Fsp3) is 1.00. The van der Waals surface area contributed by atoms with Gasteiger partial charge in [-0.25, -0.2) is 4.90 Å². The van der Waals surface area contributed by atoms with Gasteiger partial charge in [0.1, 0.15) is 0 Å². The van der Waals surface area contributed by atoms with E-state index in [0.717, 1.165) is 0 Å². The standard InChI is InChI=1S/C5H10F3N/c1-3-9(4-2)5(6,7)8/h3-4H2,1-2H3. The second-order valence-corrected chi connectivity index (χ2v) is 1.64. The van der Waals surface area contributed by atoms with Crippen LogP contribution < -0.4 is 0 Å². The van der Waals surface area contributed by atoms with E-state index in [1.807, 2.05) is 0 Å². The van der Waals surface area contributed by atoms with Gasteiger partial charge >= 0.3 is 6.30 Å². The van der Waals surface area contributed by atoms with Crippen molar-refractivity contribution >= 4 is 0 Å². The Morgan fingerprint density at radius 3 is 1.44 bits per heavy atom. The normalized spacial score (nSPS) is 12.7. The summed E-state index contributed by atoms with van der Waals surface area (Å²) < 4.78 is 34.9. The summed E-state index contributed by atoms with van der Waals surface area (Å²) >= 11 is 0. The minimum Gasteiger partial charge on any atom is -0.215 e. The van der Waals surface area contributed by atoms with Crippen molar-refractivity contribution in [1.82, 2.24) is 4.90 Å². The second-order valence-electron chi connectivity index (χ2n) is 1.64. The van der Waals surface area contributed by atoms with E-state index in [1.165, 1.54) is 13.8 Å². The topological polar surface area (TPSA) is 3.24 Å². The van der Waals surface area contributed by atoms with Gasteiger partial charge < -0.3 is 0 Å². The summed E-state index contributed by atoms with van der Waals surface area (Å²) in [4.78, 5) is 0.438. The zero-order valence-corrected chi connectivity index (χ0v) is 5.50. The Morgan fingerprint density at radius 1 is 1.11 bits per heavy atom. The third kappa shape index (κ3) is 2.70. The third-order valence-corrected chi connectivity index (χ3v) is 1.12. The molecule has 0 aliphatic heterocycles. The highest BCUT2D eigenvalue weighted by Gasteiger charge is 2.34. The van der Waals surface area contributed by atoms with Crippen LogP contribution in [0.4, 0.5) is 13.2 Å². The van der Waals surface area contributed by atoms with E-state index in [4.69, 9.17) is 0 Å². The summed E-state index contributed by atoms with van der Waals surface area (Å²) in [6, 6.07) is 0. The summed E-state index contributed by atoms with van der Waals surface area (Å²) in [6.45, 7) is 3.02. The van der Waals surface area contributed by atoms with Crippen LogP contribution in [0.15, 0.2) is 0 Å².